The molecule has 1 aliphatic carbocycles. The Labute approximate surface area is 125 Å². The lowest BCUT2D eigenvalue weighted by atomic mass is 9.98. The second-order valence-electron chi connectivity index (χ2n) is 5.29. The Morgan fingerprint density at radius 2 is 1.80 bits per heavy atom. The zero-order valence-corrected chi connectivity index (χ0v) is 12.7. The minimum atomic E-state index is -0.743. The third-order valence-electron chi connectivity index (χ3n) is 3.83. The lowest BCUT2D eigenvalue weighted by Gasteiger charge is -2.24. The average Bonchev–Trinajstić information content (AvgIpc) is 2.88. The number of ether oxygens (including phenoxy) is 2. The summed E-state index contributed by atoms with van der Waals surface area (Å²) in [5.41, 5.74) is 6.07. The first kappa shape index (κ1) is 13.7. The number of nitrogens with one attached hydrogen (secondary N) is 1. The van der Waals surface area contributed by atoms with Crippen LogP contribution in [0.5, 0.6) is 11.5 Å². The molecule has 0 spiro atoms. The van der Waals surface area contributed by atoms with Gasteiger partial charge in [-0.05, 0) is 28.8 Å². The number of anilines is 1. The summed E-state index contributed by atoms with van der Waals surface area (Å²) in [6, 6.07) is 3.58. The number of hydrogen-bond donors (Lipinski definition) is 2. The van der Waals surface area contributed by atoms with Gasteiger partial charge in [0.05, 0.1) is 11.2 Å². The van der Waals surface area contributed by atoms with Gasteiger partial charge in [0.1, 0.15) is 13.2 Å². The number of nitrogens with two attached hydrogens (primary N) is 1. The van der Waals surface area contributed by atoms with E-state index in [0.29, 0.717) is 30.4 Å². The molecule has 1 heterocycles. The van der Waals surface area contributed by atoms with Crippen LogP contribution in [0.15, 0.2) is 16.6 Å². The Balaban J connectivity index is 1.82. The lowest BCUT2D eigenvalue weighted by Crippen LogP contribution is -2.48. The number of hydrogen-bond acceptors (Lipinski definition) is 4. The predicted molar refractivity (Wildman–Crippen MR) is 79.1 cm³/mol. The van der Waals surface area contributed by atoms with Gasteiger partial charge in [0.25, 0.3) is 0 Å². The Bertz CT molecular complexity index is 541. The number of benzene rings is 1. The van der Waals surface area contributed by atoms with Gasteiger partial charge >= 0.3 is 0 Å². The van der Waals surface area contributed by atoms with Crippen LogP contribution in [0.4, 0.5) is 5.69 Å². The summed E-state index contributed by atoms with van der Waals surface area (Å²) < 4.78 is 11.8. The van der Waals surface area contributed by atoms with Crippen LogP contribution in [0, 0.1) is 0 Å². The van der Waals surface area contributed by atoms with Crippen molar-refractivity contribution in [2.75, 3.05) is 18.5 Å². The topological polar surface area (TPSA) is 73.6 Å². The number of rotatable bonds is 2. The molecule has 6 heteroatoms. The van der Waals surface area contributed by atoms with Crippen molar-refractivity contribution in [3.63, 3.8) is 0 Å². The summed E-state index contributed by atoms with van der Waals surface area (Å²) in [5.74, 6) is 1.20. The predicted octanol–water partition coefficient (Wildman–Crippen LogP) is 2.43. The minimum absolute atomic E-state index is 0.132. The summed E-state index contributed by atoms with van der Waals surface area (Å²) in [6.07, 6.45) is 3.49. The van der Waals surface area contributed by atoms with Crippen LogP contribution in [0.3, 0.4) is 0 Å². The molecule has 0 aromatic heterocycles. The van der Waals surface area contributed by atoms with E-state index < -0.39 is 5.54 Å². The highest BCUT2D eigenvalue weighted by Gasteiger charge is 2.37. The summed E-state index contributed by atoms with van der Waals surface area (Å²) >= 11 is 3.44. The molecule has 5 nitrogen and oxygen atoms in total. The van der Waals surface area contributed by atoms with E-state index in [1.54, 1.807) is 6.07 Å². The smallest absolute Gasteiger partial charge is 0.244 e. The molecule has 20 heavy (non-hydrogen) atoms. The van der Waals surface area contributed by atoms with Crippen LogP contribution < -0.4 is 20.5 Å². The molecular formula is C14H17BrN2O3. The van der Waals surface area contributed by atoms with E-state index in [1.165, 1.54) is 0 Å². The van der Waals surface area contributed by atoms with E-state index in [9.17, 15) is 4.79 Å². The number of carbonyl (C=O) groups excluding carboxylic acids is 1. The molecule has 0 atom stereocenters. The average molecular weight is 341 g/mol. The number of halogens is 1. The zero-order chi connectivity index (χ0) is 14.2. The van der Waals surface area contributed by atoms with Crippen LogP contribution in [0.1, 0.15) is 25.7 Å². The molecule has 1 aromatic carbocycles. The number of amides is 1. The quantitative estimate of drug-likeness (QED) is 0.867. The molecule has 2 aliphatic rings. The van der Waals surface area contributed by atoms with Gasteiger partial charge in [-0.15, -0.1) is 0 Å². The molecule has 1 aromatic rings. The van der Waals surface area contributed by atoms with Crippen molar-refractivity contribution < 1.29 is 14.3 Å². The second-order valence-corrected chi connectivity index (χ2v) is 6.15. The molecule has 1 saturated carbocycles. The summed E-state index contributed by atoms with van der Waals surface area (Å²) in [5, 5.41) is 2.90. The van der Waals surface area contributed by atoms with Crippen LogP contribution >= 0.6 is 15.9 Å². The maximum absolute atomic E-state index is 12.3. The van der Waals surface area contributed by atoms with Gasteiger partial charge in [0.2, 0.25) is 5.91 Å². The van der Waals surface area contributed by atoms with E-state index in [1.807, 2.05) is 6.07 Å². The summed E-state index contributed by atoms with van der Waals surface area (Å²) in [4.78, 5) is 12.3. The third kappa shape index (κ3) is 2.50. The largest absolute Gasteiger partial charge is 0.486 e. The zero-order valence-electron chi connectivity index (χ0n) is 11.1. The van der Waals surface area contributed by atoms with Crippen molar-refractivity contribution in [3.8, 4) is 11.5 Å². The highest BCUT2D eigenvalue weighted by atomic mass is 79.9. The van der Waals surface area contributed by atoms with Crippen molar-refractivity contribution in [1.29, 1.82) is 0 Å². The third-order valence-corrected chi connectivity index (χ3v) is 4.48. The Morgan fingerprint density at radius 1 is 1.20 bits per heavy atom. The molecule has 0 saturated heterocycles. The fourth-order valence-electron chi connectivity index (χ4n) is 2.64. The van der Waals surface area contributed by atoms with E-state index in [0.717, 1.165) is 30.2 Å². The summed E-state index contributed by atoms with van der Waals surface area (Å²) in [7, 11) is 0. The molecule has 1 amide bonds. The standard InChI is InChI=1S/C14H17BrN2O3/c15-9-7-11-12(20-6-5-19-11)8-10(9)17-13(18)14(16)3-1-2-4-14/h7-8H,1-6,16H2,(H,17,18). The van der Waals surface area contributed by atoms with Crippen LogP contribution in [0.2, 0.25) is 0 Å². The lowest BCUT2D eigenvalue weighted by molar-refractivity contribution is -0.121. The molecule has 0 bridgehead atoms. The molecule has 3 rings (SSSR count). The van der Waals surface area contributed by atoms with Gasteiger partial charge in [0.15, 0.2) is 11.5 Å². The number of carbonyl (C=O) groups is 1. The fraction of sp³-hybridized carbons (Fsp3) is 0.500. The Morgan fingerprint density at radius 3 is 2.45 bits per heavy atom. The first-order valence-electron chi connectivity index (χ1n) is 6.78. The van der Waals surface area contributed by atoms with Crippen molar-refractivity contribution >= 4 is 27.5 Å². The SMILES string of the molecule is NC1(C(=O)Nc2cc3c(cc2Br)OCCO3)CCCC1. The highest BCUT2D eigenvalue weighted by molar-refractivity contribution is 9.10. The second kappa shape index (κ2) is 5.26. The maximum Gasteiger partial charge on any atom is 0.244 e. The van der Waals surface area contributed by atoms with Crippen LogP contribution in [0.25, 0.3) is 0 Å². The van der Waals surface area contributed by atoms with Gasteiger partial charge in [-0.2, -0.15) is 0 Å². The number of fused-ring (bicyclic) bond motifs is 1. The first-order chi connectivity index (χ1) is 9.58. The van der Waals surface area contributed by atoms with Gasteiger partial charge < -0.3 is 20.5 Å². The highest BCUT2D eigenvalue weighted by Crippen LogP contribution is 2.39. The molecule has 108 valence electrons. The monoisotopic (exact) mass is 340 g/mol. The molecule has 3 N–H and O–H groups in total. The van der Waals surface area contributed by atoms with Gasteiger partial charge in [-0.1, -0.05) is 12.8 Å². The normalized spacial score (nSPS) is 19.7. The van der Waals surface area contributed by atoms with E-state index in [-0.39, 0.29) is 5.91 Å². The summed E-state index contributed by atoms with van der Waals surface area (Å²) in [6.45, 7) is 1.06. The Kier molecular flexibility index (Phi) is 3.60. The van der Waals surface area contributed by atoms with Gasteiger partial charge in [0, 0.05) is 16.6 Å². The van der Waals surface area contributed by atoms with Crippen molar-refractivity contribution in [3.05, 3.63) is 16.6 Å². The van der Waals surface area contributed by atoms with Gasteiger partial charge in [-0.25, -0.2) is 0 Å². The minimum Gasteiger partial charge on any atom is -0.486 e. The van der Waals surface area contributed by atoms with E-state index in [4.69, 9.17) is 15.2 Å². The van der Waals surface area contributed by atoms with E-state index in [2.05, 4.69) is 21.2 Å². The molecule has 0 radical (unpaired) electrons. The molecular weight excluding hydrogens is 324 g/mol. The maximum atomic E-state index is 12.3. The van der Waals surface area contributed by atoms with Crippen LogP contribution in [-0.4, -0.2) is 24.7 Å². The van der Waals surface area contributed by atoms with Crippen LogP contribution in [-0.2, 0) is 4.79 Å². The molecule has 1 aliphatic heterocycles. The Hall–Kier alpha value is -1.27. The van der Waals surface area contributed by atoms with Crippen molar-refractivity contribution in [1.82, 2.24) is 0 Å². The van der Waals surface area contributed by atoms with E-state index >= 15 is 0 Å². The first-order valence-corrected chi connectivity index (χ1v) is 7.57. The molecule has 1 fully saturated rings. The van der Waals surface area contributed by atoms with Crippen molar-refractivity contribution in [2.24, 2.45) is 5.73 Å². The van der Waals surface area contributed by atoms with Crippen molar-refractivity contribution in [2.45, 2.75) is 31.2 Å². The fourth-order valence-corrected chi connectivity index (χ4v) is 3.06. The van der Waals surface area contributed by atoms with Gasteiger partial charge in [-0.3, -0.25) is 4.79 Å². The molecule has 0 unspecified atom stereocenters.